The summed E-state index contributed by atoms with van der Waals surface area (Å²) in [4.78, 5) is 30.0. The summed E-state index contributed by atoms with van der Waals surface area (Å²) in [6, 6.07) is 17.4. The second-order valence-corrected chi connectivity index (χ2v) is 8.13. The molecule has 0 spiro atoms. The Labute approximate surface area is 171 Å². The van der Waals surface area contributed by atoms with Crippen LogP contribution in [-0.4, -0.2) is 41.2 Å². The van der Waals surface area contributed by atoms with Crippen molar-refractivity contribution >= 4 is 23.4 Å². The van der Waals surface area contributed by atoms with Gasteiger partial charge >= 0.3 is 0 Å². The average molecular weight is 397 g/mol. The Kier molecular flexibility index (Phi) is 5.67. The van der Waals surface area contributed by atoms with Gasteiger partial charge in [-0.2, -0.15) is 0 Å². The Morgan fingerprint density at radius 1 is 0.893 bits per heavy atom. The number of benzene rings is 2. The van der Waals surface area contributed by atoms with Crippen molar-refractivity contribution < 1.29 is 9.59 Å². The minimum atomic E-state index is -0.116. The van der Waals surface area contributed by atoms with Gasteiger partial charge in [-0.05, 0) is 55.5 Å². The summed E-state index contributed by atoms with van der Waals surface area (Å²) >= 11 is 5.93. The molecule has 2 aromatic carbocycles. The summed E-state index contributed by atoms with van der Waals surface area (Å²) in [6.45, 7) is 2.01. The molecule has 5 heteroatoms. The van der Waals surface area contributed by atoms with E-state index in [0.29, 0.717) is 23.7 Å². The topological polar surface area (TPSA) is 40.6 Å². The van der Waals surface area contributed by atoms with Crippen molar-refractivity contribution in [3.63, 3.8) is 0 Å². The number of halogens is 1. The van der Waals surface area contributed by atoms with Gasteiger partial charge in [0, 0.05) is 30.2 Å². The third-order valence-electron chi connectivity index (χ3n) is 5.87. The monoisotopic (exact) mass is 396 g/mol. The van der Waals surface area contributed by atoms with Crippen LogP contribution in [0.15, 0.2) is 54.6 Å². The van der Waals surface area contributed by atoms with Crippen LogP contribution < -0.4 is 0 Å². The average Bonchev–Trinajstić information content (AvgIpc) is 3.24. The van der Waals surface area contributed by atoms with E-state index in [0.717, 1.165) is 32.2 Å². The zero-order valence-corrected chi connectivity index (χ0v) is 16.6. The second-order valence-electron chi connectivity index (χ2n) is 7.70. The van der Waals surface area contributed by atoms with Gasteiger partial charge in [0.15, 0.2) is 0 Å². The fraction of sp³-hybridized carbons (Fsp3) is 0.391. The molecule has 2 amide bonds. The van der Waals surface area contributed by atoms with Gasteiger partial charge < -0.3 is 9.80 Å². The third-order valence-corrected chi connectivity index (χ3v) is 6.12. The lowest BCUT2D eigenvalue weighted by atomic mass is 9.94. The van der Waals surface area contributed by atoms with Crippen LogP contribution in [0.1, 0.15) is 47.6 Å². The minimum Gasteiger partial charge on any atom is -0.338 e. The van der Waals surface area contributed by atoms with Crippen molar-refractivity contribution in [2.75, 3.05) is 19.6 Å². The second kappa shape index (κ2) is 8.36. The van der Waals surface area contributed by atoms with Crippen molar-refractivity contribution in [2.45, 2.75) is 31.7 Å². The van der Waals surface area contributed by atoms with Crippen LogP contribution in [0.5, 0.6) is 0 Å². The highest BCUT2D eigenvalue weighted by molar-refractivity contribution is 6.30. The molecule has 146 valence electrons. The van der Waals surface area contributed by atoms with E-state index >= 15 is 0 Å². The lowest BCUT2D eigenvalue weighted by molar-refractivity contribution is -0.137. The van der Waals surface area contributed by atoms with E-state index in [4.69, 9.17) is 11.6 Å². The van der Waals surface area contributed by atoms with Gasteiger partial charge in [-0.25, -0.2) is 0 Å². The zero-order valence-electron chi connectivity index (χ0n) is 15.9. The standard InChI is InChI=1S/C23H25ClN2O2/c24-20-12-10-18(11-13-20)22(27)25-14-4-8-19(16-25)23(28)26-15-5-9-21(26)17-6-2-1-3-7-17/h1-3,6-7,10-13,19,21H,4-5,8-9,14-16H2/t19-,21+/m0/s1. The van der Waals surface area contributed by atoms with Crippen molar-refractivity contribution in [3.05, 3.63) is 70.7 Å². The molecule has 0 aromatic heterocycles. The van der Waals surface area contributed by atoms with Gasteiger partial charge in [0.25, 0.3) is 5.91 Å². The number of amides is 2. The van der Waals surface area contributed by atoms with E-state index in [1.807, 2.05) is 28.0 Å². The largest absolute Gasteiger partial charge is 0.338 e. The Balaban J connectivity index is 1.46. The van der Waals surface area contributed by atoms with Gasteiger partial charge in [0.05, 0.1) is 12.0 Å². The van der Waals surface area contributed by atoms with Gasteiger partial charge in [0.2, 0.25) is 5.91 Å². The van der Waals surface area contributed by atoms with Crippen LogP contribution in [-0.2, 0) is 4.79 Å². The molecule has 28 heavy (non-hydrogen) atoms. The number of nitrogens with zero attached hydrogens (tertiary/aromatic N) is 2. The van der Waals surface area contributed by atoms with Gasteiger partial charge in [-0.1, -0.05) is 41.9 Å². The molecule has 2 atom stereocenters. The lowest BCUT2D eigenvalue weighted by Gasteiger charge is -2.35. The fourth-order valence-corrected chi connectivity index (χ4v) is 4.55. The maximum absolute atomic E-state index is 13.3. The van der Waals surface area contributed by atoms with Gasteiger partial charge in [-0.3, -0.25) is 9.59 Å². The predicted octanol–water partition coefficient (Wildman–Crippen LogP) is 4.56. The molecular formula is C23H25ClN2O2. The molecule has 2 aliphatic heterocycles. The van der Waals surface area contributed by atoms with Crippen molar-refractivity contribution in [1.82, 2.24) is 9.80 Å². The summed E-state index contributed by atoms with van der Waals surface area (Å²) in [7, 11) is 0. The molecule has 2 aliphatic rings. The number of rotatable bonds is 3. The van der Waals surface area contributed by atoms with E-state index in [1.54, 1.807) is 24.3 Å². The molecule has 0 aliphatic carbocycles. The Bertz CT molecular complexity index is 837. The van der Waals surface area contributed by atoms with Crippen LogP contribution in [0.2, 0.25) is 5.02 Å². The predicted molar refractivity (Wildman–Crippen MR) is 110 cm³/mol. The fourth-order valence-electron chi connectivity index (χ4n) is 4.42. The summed E-state index contributed by atoms with van der Waals surface area (Å²) in [5.74, 6) is 0.0597. The first-order valence-corrected chi connectivity index (χ1v) is 10.4. The van der Waals surface area contributed by atoms with E-state index in [1.165, 1.54) is 5.56 Å². The molecule has 2 heterocycles. The molecule has 4 rings (SSSR count). The van der Waals surface area contributed by atoms with E-state index in [9.17, 15) is 9.59 Å². The maximum Gasteiger partial charge on any atom is 0.253 e. The van der Waals surface area contributed by atoms with Crippen LogP contribution in [0.4, 0.5) is 0 Å². The maximum atomic E-state index is 13.3. The molecule has 0 radical (unpaired) electrons. The molecular weight excluding hydrogens is 372 g/mol. The highest BCUT2D eigenvalue weighted by Gasteiger charge is 2.36. The van der Waals surface area contributed by atoms with Crippen molar-refractivity contribution in [1.29, 1.82) is 0 Å². The molecule has 2 aromatic rings. The van der Waals surface area contributed by atoms with Crippen molar-refractivity contribution in [2.24, 2.45) is 5.92 Å². The SMILES string of the molecule is O=C(c1ccc(Cl)cc1)N1CCC[C@H](C(=O)N2CCC[C@@H]2c2ccccc2)C1. The lowest BCUT2D eigenvalue weighted by Crippen LogP contribution is -2.46. The summed E-state index contributed by atoms with van der Waals surface area (Å²) in [6.07, 6.45) is 3.75. The first-order chi connectivity index (χ1) is 13.6. The molecule has 4 nitrogen and oxygen atoms in total. The van der Waals surface area contributed by atoms with Crippen LogP contribution in [0.25, 0.3) is 0 Å². The molecule has 0 unspecified atom stereocenters. The Morgan fingerprint density at radius 2 is 1.61 bits per heavy atom. The van der Waals surface area contributed by atoms with Crippen molar-refractivity contribution in [3.8, 4) is 0 Å². The zero-order chi connectivity index (χ0) is 19.5. The smallest absolute Gasteiger partial charge is 0.253 e. The number of hydrogen-bond acceptors (Lipinski definition) is 2. The highest BCUT2D eigenvalue weighted by Crippen LogP contribution is 2.34. The number of hydrogen-bond donors (Lipinski definition) is 0. The van der Waals surface area contributed by atoms with E-state index < -0.39 is 0 Å². The molecule has 0 N–H and O–H groups in total. The number of carbonyl (C=O) groups excluding carboxylic acids is 2. The quantitative estimate of drug-likeness (QED) is 0.763. The van der Waals surface area contributed by atoms with E-state index in [2.05, 4.69) is 12.1 Å². The first-order valence-electron chi connectivity index (χ1n) is 10.0. The van der Waals surface area contributed by atoms with Gasteiger partial charge in [0.1, 0.15) is 0 Å². The van der Waals surface area contributed by atoms with Crippen LogP contribution in [0.3, 0.4) is 0 Å². The number of carbonyl (C=O) groups is 2. The van der Waals surface area contributed by atoms with Gasteiger partial charge in [-0.15, -0.1) is 0 Å². The Morgan fingerprint density at radius 3 is 2.36 bits per heavy atom. The molecule has 2 saturated heterocycles. The summed E-state index contributed by atoms with van der Waals surface area (Å²) < 4.78 is 0. The number of piperidine rings is 1. The summed E-state index contributed by atoms with van der Waals surface area (Å²) in [5.41, 5.74) is 1.83. The normalized spacial score (nSPS) is 22.3. The minimum absolute atomic E-state index is 0.0183. The number of likely N-dealkylation sites (tertiary alicyclic amines) is 2. The molecule has 0 saturated carbocycles. The van der Waals surface area contributed by atoms with E-state index in [-0.39, 0.29) is 23.8 Å². The molecule has 0 bridgehead atoms. The third kappa shape index (κ3) is 3.93. The summed E-state index contributed by atoms with van der Waals surface area (Å²) in [5, 5.41) is 0.615. The first kappa shape index (κ1) is 19.0. The van der Waals surface area contributed by atoms with Crippen LogP contribution in [0, 0.1) is 5.92 Å². The van der Waals surface area contributed by atoms with Crippen LogP contribution >= 0.6 is 11.6 Å². The Hall–Kier alpha value is -2.33. The highest BCUT2D eigenvalue weighted by atomic mass is 35.5. The molecule has 2 fully saturated rings.